The second-order valence-electron chi connectivity index (χ2n) is 5.81. The smallest absolute Gasteiger partial charge is 0.219 e. The fourth-order valence-corrected chi connectivity index (χ4v) is 2.85. The highest BCUT2D eigenvalue weighted by Crippen LogP contribution is 2.26. The number of hydrogen-bond acceptors (Lipinski definition) is 5. The van der Waals surface area contributed by atoms with Crippen molar-refractivity contribution in [3.63, 3.8) is 0 Å². The van der Waals surface area contributed by atoms with Gasteiger partial charge in [0.25, 0.3) is 0 Å². The van der Waals surface area contributed by atoms with Gasteiger partial charge in [-0.3, -0.25) is 4.90 Å². The topological polar surface area (TPSA) is 66.1 Å². The Kier molecular flexibility index (Phi) is 4.12. The molecule has 24 heavy (non-hydrogen) atoms. The number of benzene rings is 1. The van der Waals surface area contributed by atoms with E-state index in [2.05, 4.69) is 25.2 Å². The number of aromatic amines is 1. The largest absolute Gasteiger partial charge is 0.439 e. The SMILES string of the molecule is c1ccc(Oc2cc3c(cn2)NCCN(Cc2cnc[nH]2)C3)cc1. The maximum Gasteiger partial charge on any atom is 0.219 e. The van der Waals surface area contributed by atoms with E-state index in [0.29, 0.717) is 5.88 Å². The first kappa shape index (κ1) is 14.7. The van der Waals surface area contributed by atoms with Gasteiger partial charge in [0.2, 0.25) is 5.88 Å². The van der Waals surface area contributed by atoms with Crippen LogP contribution in [-0.4, -0.2) is 32.9 Å². The van der Waals surface area contributed by atoms with Crippen molar-refractivity contribution in [1.82, 2.24) is 19.9 Å². The van der Waals surface area contributed by atoms with Gasteiger partial charge in [-0.2, -0.15) is 0 Å². The van der Waals surface area contributed by atoms with E-state index in [1.54, 1.807) is 6.33 Å². The second kappa shape index (κ2) is 6.72. The molecule has 0 spiro atoms. The van der Waals surface area contributed by atoms with E-state index < -0.39 is 0 Å². The Bertz CT molecular complexity index is 788. The first-order valence-corrected chi connectivity index (χ1v) is 8.02. The molecule has 2 N–H and O–H groups in total. The fourth-order valence-electron chi connectivity index (χ4n) is 2.85. The number of fused-ring (bicyclic) bond motifs is 1. The summed E-state index contributed by atoms with van der Waals surface area (Å²) >= 11 is 0. The van der Waals surface area contributed by atoms with Gasteiger partial charge in [0.15, 0.2) is 0 Å². The van der Waals surface area contributed by atoms with Crippen molar-refractivity contribution in [3.8, 4) is 11.6 Å². The van der Waals surface area contributed by atoms with E-state index in [4.69, 9.17) is 4.74 Å². The van der Waals surface area contributed by atoms with Crippen LogP contribution in [0.15, 0.2) is 55.1 Å². The van der Waals surface area contributed by atoms with E-state index in [9.17, 15) is 0 Å². The minimum Gasteiger partial charge on any atom is -0.439 e. The molecular weight excluding hydrogens is 302 g/mol. The van der Waals surface area contributed by atoms with Crippen LogP contribution >= 0.6 is 0 Å². The molecule has 0 saturated carbocycles. The van der Waals surface area contributed by atoms with E-state index in [0.717, 1.165) is 43.3 Å². The van der Waals surface area contributed by atoms with Gasteiger partial charge in [-0.15, -0.1) is 0 Å². The highest BCUT2D eigenvalue weighted by molar-refractivity contribution is 5.52. The number of ether oxygens (including phenoxy) is 1. The monoisotopic (exact) mass is 321 g/mol. The zero-order chi connectivity index (χ0) is 16.2. The van der Waals surface area contributed by atoms with Crippen molar-refractivity contribution < 1.29 is 4.74 Å². The molecule has 0 fully saturated rings. The Labute approximate surface area is 140 Å². The van der Waals surface area contributed by atoms with Crippen LogP contribution in [0.4, 0.5) is 5.69 Å². The summed E-state index contributed by atoms with van der Waals surface area (Å²) in [6, 6.07) is 11.7. The van der Waals surface area contributed by atoms with Crippen LogP contribution < -0.4 is 10.1 Å². The van der Waals surface area contributed by atoms with Crippen LogP contribution in [0.1, 0.15) is 11.3 Å². The van der Waals surface area contributed by atoms with Crippen LogP contribution in [0.2, 0.25) is 0 Å². The van der Waals surface area contributed by atoms with Gasteiger partial charge < -0.3 is 15.0 Å². The molecule has 0 radical (unpaired) electrons. The Balaban J connectivity index is 1.52. The number of nitrogens with zero attached hydrogens (tertiary/aromatic N) is 3. The lowest BCUT2D eigenvalue weighted by Gasteiger charge is -2.18. The van der Waals surface area contributed by atoms with Crippen LogP contribution in [0.3, 0.4) is 0 Å². The molecule has 122 valence electrons. The van der Waals surface area contributed by atoms with Crippen molar-refractivity contribution in [2.75, 3.05) is 18.4 Å². The van der Waals surface area contributed by atoms with Crippen LogP contribution in [-0.2, 0) is 13.1 Å². The van der Waals surface area contributed by atoms with Crippen molar-refractivity contribution in [1.29, 1.82) is 0 Å². The Morgan fingerprint density at radius 2 is 2.08 bits per heavy atom. The van der Waals surface area contributed by atoms with Gasteiger partial charge in [0, 0.05) is 44.1 Å². The molecule has 1 aliphatic heterocycles. The third-order valence-corrected chi connectivity index (χ3v) is 4.02. The number of H-pyrrole nitrogens is 1. The van der Waals surface area contributed by atoms with Gasteiger partial charge in [-0.05, 0) is 17.7 Å². The number of para-hydroxylation sites is 1. The average Bonchev–Trinajstić information content (AvgIpc) is 3.02. The highest BCUT2D eigenvalue weighted by Gasteiger charge is 2.16. The number of pyridine rings is 1. The maximum atomic E-state index is 5.85. The van der Waals surface area contributed by atoms with Gasteiger partial charge >= 0.3 is 0 Å². The highest BCUT2D eigenvalue weighted by atomic mass is 16.5. The summed E-state index contributed by atoms with van der Waals surface area (Å²) in [6.07, 6.45) is 5.44. The molecule has 1 aromatic carbocycles. The zero-order valence-electron chi connectivity index (χ0n) is 13.3. The van der Waals surface area contributed by atoms with Crippen molar-refractivity contribution in [2.24, 2.45) is 0 Å². The number of hydrogen-bond donors (Lipinski definition) is 2. The molecule has 0 atom stereocenters. The molecule has 1 aliphatic rings. The molecule has 6 heteroatoms. The van der Waals surface area contributed by atoms with E-state index in [1.807, 2.05) is 48.8 Å². The molecule has 3 heterocycles. The summed E-state index contributed by atoms with van der Waals surface area (Å²) in [5, 5.41) is 3.44. The van der Waals surface area contributed by atoms with Crippen molar-refractivity contribution in [2.45, 2.75) is 13.1 Å². The van der Waals surface area contributed by atoms with Gasteiger partial charge in [-0.25, -0.2) is 9.97 Å². The van der Waals surface area contributed by atoms with E-state index in [-0.39, 0.29) is 0 Å². The third-order valence-electron chi connectivity index (χ3n) is 4.02. The molecule has 0 aliphatic carbocycles. The summed E-state index contributed by atoms with van der Waals surface area (Å²) in [4.78, 5) is 14.0. The Morgan fingerprint density at radius 1 is 1.17 bits per heavy atom. The molecule has 2 aromatic heterocycles. The average molecular weight is 321 g/mol. The molecule has 0 unspecified atom stereocenters. The standard InChI is InChI=1S/C18H19N5O/c1-2-4-16(5-3-1)24-18-8-14-11-23(12-15-9-19-13-22-15)7-6-20-17(14)10-21-18/h1-5,8-10,13,20H,6-7,11-12H2,(H,19,22). The molecule has 6 nitrogen and oxygen atoms in total. The number of anilines is 1. The normalized spacial score (nSPS) is 14.5. The van der Waals surface area contributed by atoms with E-state index in [1.165, 1.54) is 5.56 Å². The summed E-state index contributed by atoms with van der Waals surface area (Å²) in [5.74, 6) is 1.41. The van der Waals surface area contributed by atoms with Crippen LogP contribution in [0, 0.1) is 0 Å². The molecule has 3 aromatic rings. The fraction of sp³-hybridized carbons (Fsp3) is 0.222. The third kappa shape index (κ3) is 3.38. The minimum absolute atomic E-state index is 0.616. The minimum atomic E-state index is 0.616. The van der Waals surface area contributed by atoms with Crippen LogP contribution in [0.5, 0.6) is 11.6 Å². The van der Waals surface area contributed by atoms with Crippen LogP contribution in [0.25, 0.3) is 0 Å². The van der Waals surface area contributed by atoms with Gasteiger partial charge in [0.05, 0.1) is 18.2 Å². The number of aromatic nitrogens is 3. The molecule has 0 saturated heterocycles. The summed E-state index contributed by atoms with van der Waals surface area (Å²) in [5.41, 5.74) is 3.38. The lowest BCUT2D eigenvalue weighted by atomic mass is 10.2. The lowest BCUT2D eigenvalue weighted by Crippen LogP contribution is -2.25. The van der Waals surface area contributed by atoms with Gasteiger partial charge in [-0.1, -0.05) is 18.2 Å². The number of imidazole rings is 1. The lowest BCUT2D eigenvalue weighted by molar-refractivity contribution is 0.268. The van der Waals surface area contributed by atoms with Gasteiger partial charge in [0.1, 0.15) is 5.75 Å². The number of nitrogens with one attached hydrogen (secondary N) is 2. The molecule has 0 amide bonds. The Hall–Kier alpha value is -2.86. The number of rotatable bonds is 4. The summed E-state index contributed by atoms with van der Waals surface area (Å²) in [6.45, 7) is 3.54. The first-order chi connectivity index (χ1) is 11.9. The molecule has 4 rings (SSSR count). The summed E-state index contributed by atoms with van der Waals surface area (Å²) < 4.78 is 5.85. The second-order valence-corrected chi connectivity index (χ2v) is 5.81. The Morgan fingerprint density at radius 3 is 2.92 bits per heavy atom. The zero-order valence-corrected chi connectivity index (χ0v) is 13.3. The van der Waals surface area contributed by atoms with E-state index >= 15 is 0 Å². The maximum absolute atomic E-state index is 5.85. The van der Waals surface area contributed by atoms with Crippen molar-refractivity contribution in [3.05, 3.63) is 66.4 Å². The predicted molar refractivity (Wildman–Crippen MR) is 91.9 cm³/mol. The first-order valence-electron chi connectivity index (χ1n) is 8.02. The van der Waals surface area contributed by atoms with Crippen molar-refractivity contribution >= 4 is 5.69 Å². The molecule has 0 bridgehead atoms. The quantitative estimate of drug-likeness (QED) is 0.773. The molecular formula is C18H19N5O. The predicted octanol–water partition coefficient (Wildman–Crippen LogP) is 3.02. The summed E-state index contributed by atoms with van der Waals surface area (Å²) in [7, 11) is 0.